The Bertz CT molecular complexity index is 592. The molecule has 3 nitrogen and oxygen atoms in total. The molecule has 0 atom stereocenters. The maximum absolute atomic E-state index is 12.8. The second kappa shape index (κ2) is 6.32. The van der Waals surface area contributed by atoms with E-state index in [1.54, 1.807) is 24.4 Å². The highest BCUT2D eigenvalue weighted by Gasteiger charge is 2.04. The first kappa shape index (κ1) is 13.5. The van der Waals surface area contributed by atoms with E-state index in [0.29, 0.717) is 12.1 Å². The van der Waals surface area contributed by atoms with Crippen molar-refractivity contribution in [2.75, 3.05) is 7.05 Å². The summed E-state index contributed by atoms with van der Waals surface area (Å²) >= 11 is 1.50. The normalized spacial score (nSPS) is 10.4. The lowest BCUT2D eigenvalue weighted by Gasteiger charge is -2.15. The van der Waals surface area contributed by atoms with E-state index in [4.69, 9.17) is 5.26 Å². The second-order valence-corrected chi connectivity index (χ2v) is 5.30. The fourth-order valence-corrected chi connectivity index (χ4v) is 2.45. The third-order valence-corrected chi connectivity index (χ3v) is 3.30. The minimum Gasteiger partial charge on any atom is -0.262 e. The molecule has 0 radical (unpaired) electrons. The monoisotopic (exact) mass is 273 g/mol. The summed E-state index contributed by atoms with van der Waals surface area (Å²) in [7, 11) is 1.94. The summed E-state index contributed by atoms with van der Waals surface area (Å²) < 4.78 is 14.8. The van der Waals surface area contributed by atoms with Crippen molar-refractivity contribution in [1.29, 1.82) is 5.26 Å². The van der Waals surface area contributed by atoms with Crippen molar-refractivity contribution in [3.8, 4) is 6.07 Å². The van der Waals surface area contributed by atoms with Crippen LogP contribution in [0.1, 0.15) is 11.1 Å². The van der Waals surface area contributed by atoms with E-state index in [1.165, 1.54) is 30.3 Å². The summed E-state index contributed by atoms with van der Waals surface area (Å²) in [5.41, 5.74) is 1.57. The summed E-state index contributed by atoms with van der Waals surface area (Å²) in [4.78, 5) is 4.91. The van der Waals surface area contributed by atoms with Crippen molar-refractivity contribution in [1.82, 2.24) is 9.29 Å². The molecule has 0 N–H and O–H groups in total. The molecule has 2 rings (SSSR count). The highest BCUT2D eigenvalue weighted by Crippen LogP contribution is 2.22. The molecule has 0 spiro atoms. The van der Waals surface area contributed by atoms with Gasteiger partial charge in [-0.2, -0.15) is 5.26 Å². The van der Waals surface area contributed by atoms with Crippen molar-refractivity contribution >= 4 is 11.9 Å². The summed E-state index contributed by atoms with van der Waals surface area (Å²) in [5, 5.41) is 8.81. The van der Waals surface area contributed by atoms with Crippen LogP contribution in [-0.2, 0) is 6.54 Å². The summed E-state index contributed by atoms with van der Waals surface area (Å²) in [6, 6.07) is 10.3. The van der Waals surface area contributed by atoms with Gasteiger partial charge in [0.2, 0.25) is 0 Å². The van der Waals surface area contributed by atoms with Crippen LogP contribution >= 0.6 is 11.9 Å². The van der Waals surface area contributed by atoms with Gasteiger partial charge in [-0.25, -0.2) is 8.70 Å². The molecular weight excluding hydrogens is 261 g/mol. The summed E-state index contributed by atoms with van der Waals surface area (Å²) in [5.74, 6) is -0.232. The Morgan fingerprint density at radius 2 is 2.05 bits per heavy atom. The number of hydrogen-bond donors (Lipinski definition) is 0. The van der Waals surface area contributed by atoms with Crippen LogP contribution in [0.2, 0.25) is 0 Å². The maximum Gasteiger partial charge on any atom is 0.123 e. The Morgan fingerprint density at radius 1 is 1.32 bits per heavy atom. The molecule has 1 aromatic carbocycles. The minimum absolute atomic E-state index is 0.232. The Morgan fingerprint density at radius 3 is 2.74 bits per heavy atom. The van der Waals surface area contributed by atoms with Crippen LogP contribution in [0.3, 0.4) is 0 Å². The highest BCUT2D eigenvalue weighted by atomic mass is 32.2. The van der Waals surface area contributed by atoms with Crippen LogP contribution in [0, 0.1) is 17.1 Å². The predicted octanol–water partition coefficient (Wildman–Crippen LogP) is 3.23. The summed E-state index contributed by atoms with van der Waals surface area (Å²) in [6.45, 7) is 0.682. The van der Waals surface area contributed by atoms with Gasteiger partial charge in [0.25, 0.3) is 0 Å². The van der Waals surface area contributed by atoms with Gasteiger partial charge in [0.15, 0.2) is 0 Å². The SMILES string of the molecule is CN(Cc1ccc(F)cc1)Sc1cncc(C#N)c1. The number of nitriles is 1. The largest absolute Gasteiger partial charge is 0.262 e. The van der Waals surface area contributed by atoms with Gasteiger partial charge in [0.1, 0.15) is 11.9 Å². The van der Waals surface area contributed by atoms with Crippen LogP contribution in [0.25, 0.3) is 0 Å². The average molecular weight is 273 g/mol. The lowest BCUT2D eigenvalue weighted by Crippen LogP contribution is -2.08. The van der Waals surface area contributed by atoms with Crippen LogP contribution < -0.4 is 0 Å². The van der Waals surface area contributed by atoms with E-state index < -0.39 is 0 Å². The molecule has 0 aliphatic rings. The van der Waals surface area contributed by atoms with Gasteiger partial charge in [-0.05, 0) is 42.8 Å². The molecule has 5 heteroatoms. The Hall–Kier alpha value is -1.90. The molecule has 0 aliphatic heterocycles. The minimum atomic E-state index is -0.232. The average Bonchev–Trinajstić information content (AvgIpc) is 2.41. The van der Waals surface area contributed by atoms with Crippen molar-refractivity contribution in [3.05, 3.63) is 59.7 Å². The Labute approximate surface area is 115 Å². The number of benzene rings is 1. The molecule has 0 saturated carbocycles. The van der Waals surface area contributed by atoms with Crippen molar-refractivity contribution in [2.45, 2.75) is 11.4 Å². The van der Waals surface area contributed by atoms with Gasteiger partial charge >= 0.3 is 0 Å². The lowest BCUT2D eigenvalue weighted by molar-refractivity contribution is 0.562. The fourth-order valence-electron chi connectivity index (χ4n) is 1.59. The lowest BCUT2D eigenvalue weighted by atomic mass is 10.2. The molecule has 1 heterocycles. The van der Waals surface area contributed by atoms with Crippen LogP contribution in [0.5, 0.6) is 0 Å². The van der Waals surface area contributed by atoms with E-state index in [0.717, 1.165) is 10.5 Å². The van der Waals surface area contributed by atoms with Crippen LogP contribution in [0.4, 0.5) is 4.39 Å². The molecule has 0 bridgehead atoms. The van der Waals surface area contributed by atoms with Gasteiger partial charge in [-0.1, -0.05) is 12.1 Å². The van der Waals surface area contributed by atoms with Crippen molar-refractivity contribution in [2.24, 2.45) is 0 Å². The van der Waals surface area contributed by atoms with Crippen molar-refractivity contribution < 1.29 is 4.39 Å². The third kappa shape index (κ3) is 4.05. The number of aromatic nitrogens is 1. The topological polar surface area (TPSA) is 39.9 Å². The maximum atomic E-state index is 12.8. The Balaban J connectivity index is 1.99. The van der Waals surface area contributed by atoms with Gasteiger partial charge in [0, 0.05) is 23.8 Å². The molecule has 0 unspecified atom stereocenters. The molecular formula is C14H12FN3S. The van der Waals surface area contributed by atoms with E-state index in [9.17, 15) is 4.39 Å². The van der Waals surface area contributed by atoms with Gasteiger partial charge in [0.05, 0.1) is 5.56 Å². The molecule has 0 saturated heterocycles. The van der Waals surface area contributed by atoms with Crippen LogP contribution in [-0.4, -0.2) is 16.3 Å². The quantitative estimate of drug-likeness (QED) is 0.802. The fraction of sp³-hybridized carbons (Fsp3) is 0.143. The molecule has 96 valence electrons. The van der Waals surface area contributed by atoms with E-state index in [-0.39, 0.29) is 5.82 Å². The van der Waals surface area contributed by atoms with Gasteiger partial charge < -0.3 is 0 Å². The van der Waals surface area contributed by atoms with Crippen LogP contribution in [0.15, 0.2) is 47.6 Å². The summed E-state index contributed by atoms with van der Waals surface area (Å²) in [6.07, 6.45) is 3.25. The number of hydrogen-bond acceptors (Lipinski definition) is 4. The molecule has 19 heavy (non-hydrogen) atoms. The first-order chi connectivity index (χ1) is 9.17. The zero-order valence-electron chi connectivity index (χ0n) is 10.4. The number of rotatable bonds is 4. The molecule has 2 aromatic rings. The number of halogens is 1. The van der Waals surface area contributed by atoms with E-state index in [2.05, 4.69) is 11.1 Å². The predicted molar refractivity (Wildman–Crippen MR) is 72.7 cm³/mol. The van der Waals surface area contributed by atoms with Gasteiger partial charge in [-0.3, -0.25) is 4.98 Å². The zero-order chi connectivity index (χ0) is 13.7. The molecule has 0 amide bonds. The van der Waals surface area contributed by atoms with E-state index in [1.807, 2.05) is 11.4 Å². The first-order valence-electron chi connectivity index (χ1n) is 5.66. The smallest absolute Gasteiger partial charge is 0.123 e. The molecule has 0 fully saturated rings. The Kier molecular flexibility index (Phi) is 4.50. The third-order valence-electron chi connectivity index (χ3n) is 2.42. The number of pyridine rings is 1. The zero-order valence-corrected chi connectivity index (χ0v) is 11.2. The second-order valence-electron chi connectivity index (χ2n) is 4.02. The van der Waals surface area contributed by atoms with E-state index >= 15 is 0 Å². The van der Waals surface area contributed by atoms with Gasteiger partial charge in [-0.15, -0.1) is 0 Å². The number of nitrogens with zero attached hydrogens (tertiary/aromatic N) is 3. The highest BCUT2D eigenvalue weighted by molar-refractivity contribution is 7.97. The molecule has 1 aromatic heterocycles. The molecule has 0 aliphatic carbocycles. The van der Waals surface area contributed by atoms with Crippen molar-refractivity contribution in [3.63, 3.8) is 0 Å². The standard InChI is InChI=1S/C14H12FN3S/c1-18(10-11-2-4-13(15)5-3-11)19-14-6-12(7-16)8-17-9-14/h2-6,8-9H,10H2,1H3. The first-order valence-corrected chi connectivity index (χ1v) is 6.43.